The second-order valence-electron chi connectivity index (χ2n) is 8.01. The third-order valence-electron chi connectivity index (χ3n) is 5.74. The summed E-state index contributed by atoms with van der Waals surface area (Å²) >= 11 is 0. The largest absolute Gasteiger partial charge is 0.443 e. The van der Waals surface area contributed by atoms with Gasteiger partial charge < -0.3 is 30.9 Å². The predicted molar refractivity (Wildman–Crippen MR) is 111 cm³/mol. The van der Waals surface area contributed by atoms with Crippen molar-refractivity contribution >= 4 is 23.8 Å². The number of guanidine groups is 1. The number of nitrogens with zero attached hydrogens (tertiary/aromatic N) is 4. The van der Waals surface area contributed by atoms with Crippen LogP contribution in [0.3, 0.4) is 0 Å². The minimum Gasteiger partial charge on any atom is -0.443 e. The summed E-state index contributed by atoms with van der Waals surface area (Å²) in [6.07, 6.45) is 0.991. The maximum absolute atomic E-state index is 14.9. The Morgan fingerprint density at radius 1 is 1.20 bits per heavy atom. The van der Waals surface area contributed by atoms with E-state index < -0.39 is 17.9 Å². The summed E-state index contributed by atoms with van der Waals surface area (Å²) < 4.78 is 19.8. The average Bonchev–Trinajstić information content (AvgIpc) is 2.66. The van der Waals surface area contributed by atoms with E-state index in [1.807, 2.05) is 9.80 Å². The fourth-order valence-corrected chi connectivity index (χ4v) is 4.05. The number of anilines is 1. The molecule has 0 aromatic heterocycles. The molecule has 9 nitrogen and oxygen atoms in total. The van der Waals surface area contributed by atoms with Crippen molar-refractivity contribution in [3.05, 3.63) is 29.6 Å². The summed E-state index contributed by atoms with van der Waals surface area (Å²) in [5.74, 6) is 0.223. The third kappa shape index (κ3) is 4.92. The Morgan fingerprint density at radius 3 is 2.47 bits per heavy atom. The molecule has 3 amide bonds. The molecule has 4 N–H and O–H groups in total. The molecular formula is C20H29FN6O3. The van der Waals surface area contributed by atoms with Crippen LogP contribution in [0.25, 0.3) is 0 Å². The van der Waals surface area contributed by atoms with E-state index in [9.17, 15) is 14.0 Å². The van der Waals surface area contributed by atoms with Crippen molar-refractivity contribution in [3.8, 4) is 0 Å². The normalized spacial score (nSPS) is 17.3. The summed E-state index contributed by atoms with van der Waals surface area (Å²) in [7, 11) is 3.53. The van der Waals surface area contributed by atoms with E-state index in [-0.39, 0.29) is 18.2 Å². The summed E-state index contributed by atoms with van der Waals surface area (Å²) in [5.41, 5.74) is 11.0. The summed E-state index contributed by atoms with van der Waals surface area (Å²) in [4.78, 5) is 32.2. The highest BCUT2D eigenvalue weighted by Crippen LogP contribution is 2.36. The number of benzene rings is 1. The van der Waals surface area contributed by atoms with E-state index in [1.54, 1.807) is 37.2 Å². The molecule has 0 atom stereocenters. The number of piperidine rings is 1. The minimum atomic E-state index is -0.956. The molecule has 0 spiro atoms. The van der Waals surface area contributed by atoms with Crippen LogP contribution in [-0.2, 0) is 11.3 Å². The first kappa shape index (κ1) is 21.7. The van der Waals surface area contributed by atoms with E-state index in [1.165, 1.54) is 0 Å². The van der Waals surface area contributed by atoms with Gasteiger partial charge in [-0.1, -0.05) is 12.1 Å². The van der Waals surface area contributed by atoms with Gasteiger partial charge in [0.1, 0.15) is 6.61 Å². The van der Waals surface area contributed by atoms with E-state index in [2.05, 4.69) is 4.99 Å². The Labute approximate surface area is 175 Å². The fraction of sp³-hybridized carbons (Fsp3) is 0.550. The quantitative estimate of drug-likeness (QED) is 0.564. The number of carbonyl (C=O) groups excluding carboxylic acids is 2. The van der Waals surface area contributed by atoms with Gasteiger partial charge >= 0.3 is 12.1 Å². The predicted octanol–water partition coefficient (Wildman–Crippen LogP) is 1.57. The maximum Gasteiger partial charge on any atom is 0.437 e. The first-order valence-corrected chi connectivity index (χ1v) is 10.0. The lowest BCUT2D eigenvalue weighted by Crippen LogP contribution is -2.53. The van der Waals surface area contributed by atoms with Crippen molar-refractivity contribution in [2.75, 3.05) is 45.2 Å². The number of amides is 3. The second kappa shape index (κ2) is 9.19. The minimum absolute atomic E-state index is 0.0584. The molecule has 2 heterocycles. The molecule has 2 fully saturated rings. The van der Waals surface area contributed by atoms with Crippen molar-refractivity contribution in [2.24, 2.45) is 28.3 Å². The van der Waals surface area contributed by atoms with Gasteiger partial charge in [-0.15, -0.1) is 4.99 Å². The van der Waals surface area contributed by atoms with Gasteiger partial charge in [-0.05, 0) is 30.7 Å². The molecule has 2 aliphatic heterocycles. The zero-order valence-corrected chi connectivity index (χ0v) is 17.4. The Balaban J connectivity index is 1.52. The van der Waals surface area contributed by atoms with E-state index >= 15 is 0 Å². The number of rotatable bonds is 4. The highest BCUT2D eigenvalue weighted by Gasteiger charge is 2.37. The topological polar surface area (TPSA) is 117 Å². The number of hydrogen-bond donors (Lipinski definition) is 2. The number of urea groups is 1. The number of nitrogens with two attached hydrogens (primary N) is 2. The second-order valence-corrected chi connectivity index (χ2v) is 8.01. The molecule has 0 bridgehead atoms. The molecular weight excluding hydrogens is 391 g/mol. The zero-order chi connectivity index (χ0) is 21.8. The Hall–Kier alpha value is -3.04. The van der Waals surface area contributed by atoms with Crippen LogP contribution in [0.5, 0.6) is 0 Å². The van der Waals surface area contributed by atoms with Gasteiger partial charge in [-0.3, -0.25) is 0 Å². The molecule has 164 valence electrons. The molecule has 1 aromatic carbocycles. The van der Waals surface area contributed by atoms with E-state index in [0.29, 0.717) is 17.5 Å². The molecule has 3 rings (SSSR count). The van der Waals surface area contributed by atoms with Crippen molar-refractivity contribution < 1.29 is 18.7 Å². The van der Waals surface area contributed by atoms with Gasteiger partial charge in [0.15, 0.2) is 11.8 Å². The van der Waals surface area contributed by atoms with Crippen LogP contribution >= 0.6 is 0 Å². The lowest BCUT2D eigenvalue weighted by atomic mass is 9.79. The van der Waals surface area contributed by atoms with Gasteiger partial charge in [0.25, 0.3) is 0 Å². The molecule has 0 radical (unpaired) electrons. The van der Waals surface area contributed by atoms with Gasteiger partial charge in [0, 0.05) is 45.8 Å². The number of ether oxygens (including phenoxy) is 1. The number of aliphatic imine (C=N–C) groups is 1. The van der Waals surface area contributed by atoms with Gasteiger partial charge in [-0.2, -0.15) is 0 Å². The SMILES string of the molecule is CN(C)C(=O)N1CCC(C2CN(c3cccc(COC(=O)N=C(N)N)c3F)C2)CC1. The van der Waals surface area contributed by atoms with Crippen LogP contribution in [-0.4, -0.2) is 68.2 Å². The van der Waals surface area contributed by atoms with E-state index in [4.69, 9.17) is 16.2 Å². The monoisotopic (exact) mass is 420 g/mol. The molecule has 0 aliphatic carbocycles. The zero-order valence-electron chi connectivity index (χ0n) is 17.4. The van der Waals surface area contributed by atoms with Crippen molar-refractivity contribution in [2.45, 2.75) is 19.4 Å². The lowest BCUT2D eigenvalue weighted by Gasteiger charge is -2.47. The van der Waals surface area contributed by atoms with Crippen molar-refractivity contribution in [3.63, 3.8) is 0 Å². The van der Waals surface area contributed by atoms with Crippen LogP contribution in [0.15, 0.2) is 23.2 Å². The summed E-state index contributed by atoms with van der Waals surface area (Å²) in [5, 5.41) is 0. The number of hydrogen-bond acceptors (Lipinski definition) is 4. The highest BCUT2D eigenvalue weighted by molar-refractivity contribution is 5.87. The standard InChI is InChI=1S/C20H29FN6O3/c1-25(2)20(29)26-8-6-13(7-9-26)15-10-27(11-15)16-5-3-4-14(17(16)21)12-30-19(28)24-18(22)23/h3-5,13,15H,6-12H2,1-2H3,(H4,22,23,24,28). The highest BCUT2D eigenvalue weighted by atomic mass is 19.1. The average molecular weight is 420 g/mol. The van der Waals surface area contributed by atoms with Crippen LogP contribution in [0.2, 0.25) is 0 Å². The van der Waals surface area contributed by atoms with Crippen LogP contribution in [0.4, 0.5) is 19.7 Å². The third-order valence-corrected chi connectivity index (χ3v) is 5.74. The van der Waals surface area contributed by atoms with Crippen LogP contribution in [0, 0.1) is 17.7 Å². The number of halogens is 1. The smallest absolute Gasteiger partial charge is 0.437 e. The first-order valence-electron chi connectivity index (χ1n) is 10.0. The molecule has 10 heteroatoms. The molecule has 0 unspecified atom stereocenters. The number of likely N-dealkylation sites (tertiary alicyclic amines) is 1. The van der Waals surface area contributed by atoms with E-state index in [0.717, 1.165) is 39.0 Å². The Kier molecular flexibility index (Phi) is 6.63. The molecule has 1 aromatic rings. The molecule has 0 saturated carbocycles. The maximum atomic E-state index is 14.9. The van der Waals surface area contributed by atoms with Crippen LogP contribution < -0.4 is 16.4 Å². The summed E-state index contributed by atoms with van der Waals surface area (Å²) in [6.45, 7) is 2.85. The lowest BCUT2D eigenvalue weighted by molar-refractivity contribution is 0.123. The Bertz CT molecular complexity index is 813. The van der Waals surface area contributed by atoms with Crippen molar-refractivity contribution in [1.29, 1.82) is 0 Å². The first-order chi connectivity index (χ1) is 14.3. The fourth-order valence-electron chi connectivity index (χ4n) is 4.05. The van der Waals surface area contributed by atoms with Gasteiger partial charge in [0.05, 0.1) is 5.69 Å². The van der Waals surface area contributed by atoms with Crippen LogP contribution in [0.1, 0.15) is 18.4 Å². The summed E-state index contributed by atoms with van der Waals surface area (Å²) in [6, 6.07) is 5.09. The molecule has 2 saturated heterocycles. The van der Waals surface area contributed by atoms with Crippen molar-refractivity contribution in [1.82, 2.24) is 9.80 Å². The number of carbonyl (C=O) groups is 2. The van der Waals surface area contributed by atoms with Gasteiger partial charge in [0.2, 0.25) is 0 Å². The molecule has 30 heavy (non-hydrogen) atoms. The molecule has 2 aliphatic rings. The Morgan fingerprint density at radius 2 is 1.87 bits per heavy atom. The van der Waals surface area contributed by atoms with Gasteiger partial charge in [-0.25, -0.2) is 14.0 Å².